The van der Waals surface area contributed by atoms with Gasteiger partial charge >= 0.3 is 0 Å². The molecule has 1 aliphatic rings. The molecule has 0 radical (unpaired) electrons. The molecule has 0 fully saturated rings. The first kappa shape index (κ1) is 10.0. The molecule has 1 unspecified atom stereocenters. The lowest BCUT2D eigenvalue weighted by molar-refractivity contribution is 0.512. The van der Waals surface area contributed by atoms with Gasteiger partial charge in [-0.2, -0.15) is 0 Å². The molecule has 0 saturated carbocycles. The maximum absolute atomic E-state index is 4.41. The van der Waals surface area contributed by atoms with Crippen molar-refractivity contribution >= 4 is 6.21 Å². The van der Waals surface area contributed by atoms with Gasteiger partial charge in [0.1, 0.15) is 0 Å². The second-order valence-electron chi connectivity index (χ2n) is 3.53. The SMILES string of the molecule is CCN1C=CC(C)N=CC1=C(C)C. The van der Waals surface area contributed by atoms with Crippen LogP contribution in [0.4, 0.5) is 0 Å². The number of hydrogen-bond donors (Lipinski definition) is 0. The highest BCUT2D eigenvalue weighted by Gasteiger charge is 2.07. The average Bonchev–Trinajstić information content (AvgIpc) is 2.26. The van der Waals surface area contributed by atoms with Gasteiger partial charge in [0.25, 0.3) is 0 Å². The van der Waals surface area contributed by atoms with E-state index in [1.807, 2.05) is 6.21 Å². The minimum atomic E-state index is 0.297. The summed E-state index contributed by atoms with van der Waals surface area (Å²) in [6.07, 6.45) is 6.22. The number of aliphatic imine (C=N–C) groups is 1. The highest BCUT2D eigenvalue weighted by atomic mass is 15.1. The Bertz CT molecular complexity index is 257. The topological polar surface area (TPSA) is 15.6 Å². The van der Waals surface area contributed by atoms with E-state index in [1.165, 1.54) is 11.3 Å². The number of hydrogen-bond acceptors (Lipinski definition) is 2. The maximum Gasteiger partial charge on any atom is 0.0669 e. The summed E-state index contributed by atoms with van der Waals surface area (Å²) in [5, 5.41) is 0. The summed E-state index contributed by atoms with van der Waals surface area (Å²) < 4.78 is 0. The van der Waals surface area contributed by atoms with E-state index >= 15 is 0 Å². The van der Waals surface area contributed by atoms with Crippen LogP contribution in [0.5, 0.6) is 0 Å². The maximum atomic E-state index is 4.41. The van der Waals surface area contributed by atoms with E-state index in [0.29, 0.717) is 6.04 Å². The smallest absolute Gasteiger partial charge is 0.0669 e. The fraction of sp³-hybridized carbons (Fsp3) is 0.545. The van der Waals surface area contributed by atoms with Gasteiger partial charge in [0, 0.05) is 19.0 Å². The molecule has 0 aromatic carbocycles. The molecule has 0 saturated heterocycles. The summed E-state index contributed by atoms with van der Waals surface area (Å²) in [5.74, 6) is 0. The van der Waals surface area contributed by atoms with Crippen molar-refractivity contribution < 1.29 is 0 Å². The Morgan fingerprint density at radius 2 is 2.23 bits per heavy atom. The van der Waals surface area contributed by atoms with Crippen LogP contribution in [0.1, 0.15) is 27.7 Å². The molecule has 0 amide bonds. The van der Waals surface area contributed by atoms with Crippen LogP contribution in [0.2, 0.25) is 0 Å². The van der Waals surface area contributed by atoms with Crippen molar-refractivity contribution in [1.29, 1.82) is 0 Å². The van der Waals surface area contributed by atoms with Crippen LogP contribution in [0.25, 0.3) is 0 Å². The van der Waals surface area contributed by atoms with Crippen molar-refractivity contribution in [2.24, 2.45) is 4.99 Å². The molecule has 0 N–H and O–H groups in total. The molecule has 13 heavy (non-hydrogen) atoms. The van der Waals surface area contributed by atoms with Crippen LogP contribution in [-0.2, 0) is 0 Å². The molecule has 0 aromatic heterocycles. The van der Waals surface area contributed by atoms with Gasteiger partial charge in [0.05, 0.1) is 11.7 Å². The lowest BCUT2D eigenvalue weighted by Gasteiger charge is -2.19. The van der Waals surface area contributed by atoms with Gasteiger partial charge in [0.2, 0.25) is 0 Å². The molecular formula is C11H18N2. The largest absolute Gasteiger partial charge is 0.347 e. The third-order valence-electron chi connectivity index (χ3n) is 2.14. The molecule has 0 spiro atoms. The Morgan fingerprint density at radius 3 is 2.77 bits per heavy atom. The summed E-state index contributed by atoms with van der Waals surface area (Å²) in [6.45, 7) is 9.48. The molecule has 1 atom stereocenters. The Hall–Kier alpha value is -1.05. The zero-order valence-electron chi connectivity index (χ0n) is 8.91. The van der Waals surface area contributed by atoms with Crippen LogP contribution in [0.3, 0.4) is 0 Å². The fourth-order valence-electron chi connectivity index (χ4n) is 1.31. The first-order valence-electron chi connectivity index (χ1n) is 4.80. The standard InChI is InChI=1S/C11H18N2/c1-5-13-7-6-10(4)12-8-11(13)9(2)3/h6-8,10H,5H2,1-4H3. The molecule has 72 valence electrons. The highest BCUT2D eigenvalue weighted by Crippen LogP contribution is 2.12. The monoisotopic (exact) mass is 178 g/mol. The van der Waals surface area contributed by atoms with E-state index in [1.54, 1.807) is 0 Å². The van der Waals surface area contributed by atoms with E-state index < -0.39 is 0 Å². The summed E-state index contributed by atoms with van der Waals surface area (Å²) in [5.41, 5.74) is 2.53. The zero-order valence-corrected chi connectivity index (χ0v) is 8.91. The van der Waals surface area contributed by atoms with Crippen molar-refractivity contribution in [2.75, 3.05) is 6.54 Å². The van der Waals surface area contributed by atoms with Gasteiger partial charge in [-0.05, 0) is 33.8 Å². The molecule has 2 heteroatoms. The van der Waals surface area contributed by atoms with Crippen molar-refractivity contribution in [2.45, 2.75) is 33.7 Å². The minimum Gasteiger partial charge on any atom is -0.347 e. The average molecular weight is 178 g/mol. The Balaban J connectivity index is 3.00. The summed E-state index contributed by atoms with van der Waals surface area (Å²) in [6, 6.07) is 0.297. The predicted molar refractivity (Wildman–Crippen MR) is 57.8 cm³/mol. The molecular weight excluding hydrogens is 160 g/mol. The van der Waals surface area contributed by atoms with Gasteiger partial charge < -0.3 is 4.90 Å². The van der Waals surface area contributed by atoms with Gasteiger partial charge in [0.15, 0.2) is 0 Å². The predicted octanol–water partition coefficient (Wildman–Crippen LogP) is 2.59. The fourth-order valence-corrected chi connectivity index (χ4v) is 1.31. The third kappa shape index (κ3) is 2.44. The van der Waals surface area contributed by atoms with Gasteiger partial charge in [-0.15, -0.1) is 0 Å². The second kappa shape index (κ2) is 4.26. The van der Waals surface area contributed by atoms with E-state index in [-0.39, 0.29) is 0 Å². The van der Waals surface area contributed by atoms with Crippen LogP contribution in [0.15, 0.2) is 28.5 Å². The van der Waals surface area contributed by atoms with Gasteiger partial charge in [-0.3, -0.25) is 4.99 Å². The summed E-state index contributed by atoms with van der Waals surface area (Å²) >= 11 is 0. The van der Waals surface area contributed by atoms with E-state index in [4.69, 9.17) is 0 Å². The first-order chi connectivity index (χ1) is 6.15. The van der Waals surface area contributed by atoms with Gasteiger partial charge in [-0.1, -0.05) is 5.57 Å². The summed E-state index contributed by atoms with van der Waals surface area (Å²) in [4.78, 5) is 6.64. The first-order valence-corrected chi connectivity index (χ1v) is 4.80. The van der Waals surface area contributed by atoms with E-state index in [0.717, 1.165) is 6.54 Å². The zero-order chi connectivity index (χ0) is 9.84. The summed E-state index contributed by atoms with van der Waals surface area (Å²) in [7, 11) is 0. The number of rotatable bonds is 1. The molecule has 2 nitrogen and oxygen atoms in total. The van der Waals surface area contributed by atoms with Crippen molar-refractivity contribution in [3.63, 3.8) is 0 Å². The van der Waals surface area contributed by atoms with Gasteiger partial charge in [-0.25, -0.2) is 0 Å². The lowest BCUT2D eigenvalue weighted by atomic mass is 10.2. The van der Waals surface area contributed by atoms with Crippen LogP contribution in [0, 0.1) is 0 Å². The normalized spacial score (nSPS) is 22.0. The van der Waals surface area contributed by atoms with E-state index in [9.17, 15) is 0 Å². The van der Waals surface area contributed by atoms with Crippen molar-refractivity contribution in [3.05, 3.63) is 23.5 Å². The molecule has 1 heterocycles. The Morgan fingerprint density at radius 1 is 1.54 bits per heavy atom. The molecule has 1 aliphatic heterocycles. The van der Waals surface area contributed by atoms with Crippen LogP contribution in [-0.4, -0.2) is 23.7 Å². The second-order valence-corrected chi connectivity index (χ2v) is 3.53. The van der Waals surface area contributed by atoms with Crippen molar-refractivity contribution in [3.8, 4) is 0 Å². The third-order valence-corrected chi connectivity index (χ3v) is 2.14. The number of nitrogens with zero attached hydrogens (tertiary/aromatic N) is 2. The van der Waals surface area contributed by atoms with Crippen molar-refractivity contribution in [1.82, 2.24) is 4.90 Å². The molecule has 0 aromatic rings. The molecule has 1 rings (SSSR count). The minimum absolute atomic E-state index is 0.297. The number of allylic oxidation sites excluding steroid dienone is 2. The van der Waals surface area contributed by atoms with E-state index in [2.05, 4.69) is 49.9 Å². The quantitative estimate of drug-likeness (QED) is 0.602. The van der Waals surface area contributed by atoms with Crippen LogP contribution < -0.4 is 0 Å². The molecule has 0 aliphatic carbocycles. The van der Waals surface area contributed by atoms with Crippen LogP contribution >= 0.6 is 0 Å². The Kier molecular flexibility index (Phi) is 3.29. The highest BCUT2D eigenvalue weighted by molar-refractivity contribution is 5.79. The lowest BCUT2D eigenvalue weighted by Crippen LogP contribution is -2.17. The Labute approximate surface area is 80.7 Å². The molecule has 0 bridgehead atoms.